The van der Waals surface area contributed by atoms with Crippen LogP contribution in [-0.2, 0) is 0 Å². The van der Waals surface area contributed by atoms with Crippen LogP contribution in [0.2, 0.25) is 10.0 Å². The highest BCUT2D eigenvalue weighted by atomic mass is 35.5. The van der Waals surface area contributed by atoms with E-state index in [1.807, 2.05) is 6.07 Å². The van der Waals surface area contributed by atoms with Crippen molar-refractivity contribution in [2.45, 2.75) is 25.7 Å². The molecule has 122 valence electrons. The van der Waals surface area contributed by atoms with Crippen LogP contribution >= 0.6 is 23.2 Å². The van der Waals surface area contributed by atoms with Crippen molar-refractivity contribution in [1.29, 1.82) is 0 Å². The molecule has 0 unspecified atom stereocenters. The minimum Gasteiger partial charge on any atom is -0.336 e. The fourth-order valence-corrected chi connectivity index (χ4v) is 3.23. The Morgan fingerprint density at radius 3 is 2.58 bits per heavy atom. The lowest BCUT2D eigenvalue weighted by Gasteiger charge is -2.08. The van der Waals surface area contributed by atoms with Crippen LogP contribution in [0, 0.1) is 6.92 Å². The van der Waals surface area contributed by atoms with Crippen LogP contribution in [0.3, 0.4) is 0 Å². The molecule has 0 saturated heterocycles. The van der Waals surface area contributed by atoms with Crippen LogP contribution in [0.5, 0.6) is 0 Å². The number of hydrogen-bond donors (Lipinski definition) is 1. The Morgan fingerprint density at radius 2 is 1.92 bits per heavy atom. The van der Waals surface area contributed by atoms with E-state index in [9.17, 15) is 4.79 Å². The van der Waals surface area contributed by atoms with Gasteiger partial charge in [0.15, 0.2) is 0 Å². The first-order valence-corrected chi connectivity index (χ1v) is 8.31. The molecule has 1 fully saturated rings. The number of nitrogens with one attached hydrogen (secondary N) is 1. The average Bonchev–Trinajstić information content (AvgIpc) is 3.30. The van der Waals surface area contributed by atoms with Crippen molar-refractivity contribution in [2.75, 3.05) is 5.32 Å². The monoisotopic (exact) mass is 361 g/mol. The van der Waals surface area contributed by atoms with Gasteiger partial charge in [0.1, 0.15) is 0 Å². The first-order valence-electron chi connectivity index (χ1n) is 7.55. The third kappa shape index (κ3) is 2.85. The highest BCUT2D eigenvalue weighted by Crippen LogP contribution is 2.40. The van der Waals surface area contributed by atoms with Gasteiger partial charge in [0, 0.05) is 27.3 Å². The number of aryl methyl sites for hydroxylation is 1. The van der Waals surface area contributed by atoms with Gasteiger partial charge in [-0.1, -0.05) is 28.4 Å². The number of nitrogens with zero attached hydrogens (tertiary/aromatic N) is 2. The van der Waals surface area contributed by atoms with Crippen LogP contribution < -0.4 is 5.32 Å². The van der Waals surface area contributed by atoms with Crippen molar-refractivity contribution < 1.29 is 9.32 Å². The smallest absolute Gasteiger partial charge is 0.259 e. The quantitative estimate of drug-likeness (QED) is 0.714. The lowest BCUT2D eigenvalue weighted by Crippen LogP contribution is -2.13. The van der Waals surface area contributed by atoms with Crippen molar-refractivity contribution in [3.8, 4) is 0 Å². The van der Waals surface area contributed by atoms with E-state index < -0.39 is 0 Å². The zero-order valence-electron chi connectivity index (χ0n) is 12.8. The summed E-state index contributed by atoms with van der Waals surface area (Å²) in [5.74, 6) is 0.126. The molecule has 0 atom stereocenters. The predicted octanol–water partition coefficient (Wildman–Crippen LogP) is 4.97. The maximum absolute atomic E-state index is 12.8. The van der Waals surface area contributed by atoms with Gasteiger partial charge in [-0.3, -0.25) is 4.79 Å². The summed E-state index contributed by atoms with van der Waals surface area (Å²) >= 11 is 12.0. The molecule has 0 radical (unpaired) electrons. The van der Waals surface area contributed by atoms with Gasteiger partial charge in [-0.05, 0) is 44.0 Å². The molecule has 3 aromatic rings. The first kappa shape index (κ1) is 15.4. The number of aromatic nitrogens is 2. The number of fused-ring (bicyclic) bond motifs is 1. The number of rotatable bonds is 3. The Labute approximate surface area is 147 Å². The number of anilines is 1. The predicted molar refractivity (Wildman–Crippen MR) is 92.9 cm³/mol. The van der Waals surface area contributed by atoms with Gasteiger partial charge in [0.2, 0.25) is 0 Å². The second-order valence-corrected chi connectivity index (χ2v) is 6.80. The molecule has 1 aliphatic carbocycles. The second-order valence-electron chi connectivity index (χ2n) is 5.93. The summed E-state index contributed by atoms with van der Waals surface area (Å²) in [6.45, 7) is 1.79. The van der Waals surface area contributed by atoms with E-state index >= 15 is 0 Å². The van der Waals surface area contributed by atoms with Gasteiger partial charge in [0.25, 0.3) is 11.6 Å². The molecular formula is C17H13Cl2N3O2. The molecule has 5 nitrogen and oxygen atoms in total. The lowest BCUT2D eigenvalue weighted by atomic mass is 10.1. The fourth-order valence-electron chi connectivity index (χ4n) is 2.71. The lowest BCUT2D eigenvalue weighted by molar-refractivity contribution is 0.102. The summed E-state index contributed by atoms with van der Waals surface area (Å²) in [7, 11) is 0. The zero-order valence-corrected chi connectivity index (χ0v) is 14.3. The SMILES string of the molecule is Cc1noc2nc(C3CC3)cc(C(=O)Nc3cc(Cl)cc(Cl)c3)c12. The molecule has 1 saturated carbocycles. The van der Waals surface area contributed by atoms with Gasteiger partial charge < -0.3 is 9.84 Å². The number of hydrogen-bond acceptors (Lipinski definition) is 4. The van der Waals surface area contributed by atoms with E-state index in [2.05, 4.69) is 15.5 Å². The van der Waals surface area contributed by atoms with Crippen LogP contribution in [0.1, 0.15) is 40.5 Å². The number of pyridine rings is 1. The molecule has 2 heterocycles. The third-order valence-corrected chi connectivity index (χ3v) is 4.43. The van der Waals surface area contributed by atoms with E-state index in [0.717, 1.165) is 18.5 Å². The normalized spacial score (nSPS) is 14.1. The summed E-state index contributed by atoms with van der Waals surface area (Å²) < 4.78 is 5.26. The molecule has 1 aromatic carbocycles. The molecule has 4 rings (SSSR count). The summed E-state index contributed by atoms with van der Waals surface area (Å²) in [5.41, 5.74) is 2.93. The van der Waals surface area contributed by atoms with Gasteiger partial charge in [-0.2, -0.15) is 0 Å². The Morgan fingerprint density at radius 1 is 1.21 bits per heavy atom. The number of halogens is 2. The Bertz CT molecular complexity index is 944. The maximum atomic E-state index is 12.8. The molecule has 1 N–H and O–H groups in total. The van der Waals surface area contributed by atoms with Gasteiger partial charge in [-0.25, -0.2) is 4.98 Å². The Hall–Kier alpha value is -2.11. The minimum absolute atomic E-state index is 0.270. The molecule has 1 amide bonds. The highest BCUT2D eigenvalue weighted by molar-refractivity contribution is 6.35. The zero-order chi connectivity index (χ0) is 16.8. The maximum Gasteiger partial charge on any atom is 0.259 e. The number of amides is 1. The molecule has 7 heteroatoms. The van der Waals surface area contributed by atoms with E-state index in [1.165, 1.54) is 0 Å². The topological polar surface area (TPSA) is 68.0 Å². The van der Waals surface area contributed by atoms with Gasteiger partial charge in [0.05, 0.1) is 16.6 Å². The summed E-state index contributed by atoms with van der Waals surface area (Å²) in [4.78, 5) is 17.3. The molecule has 0 aliphatic heterocycles. The van der Waals surface area contributed by atoms with E-state index in [4.69, 9.17) is 27.7 Å². The molecule has 0 bridgehead atoms. The second kappa shape index (κ2) is 5.76. The highest BCUT2D eigenvalue weighted by Gasteiger charge is 2.28. The van der Waals surface area contributed by atoms with Crippen molar-refractivity contribution in [1.82, 2.24) is 10.1 Å². The van der Waals surface area contributed by atoms with Gasteiger partial charge >= 0.3 is 0 Å². The Kier molecular flexibility index (Phi) is 3.70. The number of benzene rings is 1. The average molecular weight is 362 g/mol. The molecule has 2 aromatic heterocycles. The molecule has 24 heavy (non-hydrogen) atoms. The van der Waals surface area contributed by atoms with Crippen molar-refractivity contribution in [3.63, 3.8) is 0 Å². The number of carbonyl (C=O) groups is 1. The minimum atomic E-state index is -0.270. The summed E-state index contributed by atoms with van der Waals surface area (Å²) in [6, 6.07) is 6.72. The van der Waals surface area contributed by atoms with Crippen molar-refractivity contribution in [2.24, 2.45) is 0 Å². The van der Waals surface area contributed by atoms with E-state index in [1.54, 1.807) is 25.1 Å². The van der Waals surface area contributed by atoms with Crippen molar-refractivity contribution in [3.05, 3.63) is 51.3 Å². The van der Waals surface area contributed by atoms with Crippen LogP contribution in [0.25, 0.3) is 11.1 Å². The third-order valence-electron chi connectivity index (χ3n) is 4.00. The van der Waals surface area contributed by atoms with Crippen LogP contribution in [-0.4, -0.2) is 16.0 Å². The molecule has 1 aliphatic rings. The first-order chi connectivity index (χ1) is 11.5. The van der Waals surface area contributed by atoms with E-state index in [-0.39, 0.29) is 5.91 Å². The summed E-state index contributed by atoms with van der Waals surface area (Å²) in [6.07, 6.45) is 2.16. The van der Waals surface area contributed by atoms with Gasteiger partial charge in [-0.15, -0.1) is 0 Å². The number of carbonyl (C=O) groups excluding carboxylic acids is 1. The molecular weight excluding hydrogens is 349 g/mol. The molecule has 0 spiro atoms. The van der Waals surface area contributed by atoms with E-state index in [0.29, 0.717) is 44.0 Å². The van der Waals surface area contributed by atoms with Crippen LogP contribution in [0.15, 0.2) is 28.8 Å². The van der Waals surface area contributed by atoms with Crippen molar-refractivity contribution >= 4 is 45.9 Å². The summed E-state index contributed by atoms with van der Waals surface area (Å²) in [5, 5.41) is 8.31. The largest absolute Gasteiger partial charge is 0.336 e. The van der Waals surface area contributed by atoms with Crippen LogP contribution in [0.4, 0.5) is 5.69 Å². The Balaban J connectivity index is 1.76. The standard InChI is InChI=1S/C17H13Cl2N3O2/c1-8-15-13(7-14(9-2-3-9)21-17(15)24-22-8)16(23)20-12-5-10(18)4-11(19)6-12/h4-7,9H,2-3H2,1H3,(H,20,23). The fraction of sp³-hybridized carbons (Fsp3) is 0.235.